The minimum absolute atomic E-state index is 0.247. The van der Waals surface area contributed by atoms with Gasteiger partial charge in [0.05, 0.1) is 5.69 Å². The van der Waals surface area contributed by atoms with E-state index in [4.69, 9.17) is 5.73 Å². The smallest absolute Gasteiger partial charge is 0.148 e. The molecule has 3 heteroatoms. The fraction of sp³-hybridized carbons (Fsp3) is 0.600. The molecule has 1 saturated carbocycles. The molecule has 0 aliphatic heterocycles. The molecule has 2 unspecified atom stereocenters. The maximum atomic E-state index is 13.8. The van der Waals surface area contributed by atoms with Crippen molar-refractivity contribution < 1.29 is 4.39 Å². The largest absolute Gasteiger partial charge is 0.399 e. The topological polar surface area (TPSA) is 38.0 Å². The van der Waals surface area contributed by atoms with Gasteiger partial charge in [-0.3, -0.25) is 0 Å². The van der Waals surface area contributed by atoms with E-state index < -0.39 is 0 Å². The van der Waals surface area contributed by atoms with E-state index in [9.17, 15) is 4.39 Å². The van der Waals surface area contributed by atoms with Gasteiger partial charge in [-0.2, -0.15) is 0 Å². The Morgan fingerprint density at radius 2 is 2.00 bits per heavy atom. The SMILES string of the molecule is CC(C)C1CCCCC1Nc1ccc(N)cc1F. The molecule has 0 spiro atoms. The lowest BCUT2D eigenvalue weighted by Crippen LogP contribution is -2.35. The second-order valence-corrected chi connectivity index (χ2v) is 5.68. The highest BCUT2D eigenvalue weighted by Gasteiger charge is 2.27. The Bertz CT molecular complexity index is 403. The zero-order valence-corrected chi connectivity index (χ0v) is 11.2. The van der Waals surface area contributed by atoms with Gasteiger partial charge in [-0.1, -0.05) is 26.7 Å². The average molecular weight is 250 g/mol. The van der Waals surface area contributed by atoms with Gasteiger partial charge in [0, 0.05) is 11.7 Å². The number of benzene rings is 1. The summed E-state index contributed by atoms with van der Waals surface area (Å²) >= 11 is 0. The van der Waals surface area contributed by atoms with Crippen molar-refractivity contribution in [2.24, 2.45) is 11.8 Å². The lowest BCUT2D eigenvalue weighted by Gasteiger charge is -2.35. The monoisotopic (exact) mass is 250 g/mol. The van der Waals surface area contributed by atoms with E-state index in [0.717, 1.165) is 6.42 Å². The molecule has 1 aliphatic carbocycles. The van der Waals surface area contributed by atoms with Gasteiger partial charge in [0.2, 0.25) is 0 Å². The van der Waals surface area contributed by atoms with Crippen LogP contribution >= 0.6 is 0 Å². The molecule has 100 valence electrons. The molecule has 2 rings (SSSR count). The summed E-state index contributed by atoms with van der Waals surface area (Å²) in [6.07, 6.45) is 4.90. The van der Waals surface area contributed by atoms with Crippen molar-refractivity contribution in [2.75, 3.05) is 11.1 Å². The lowest BCUT2D eigenvalue weighted by molar-refractivity contribution is 0.253. The van der Waals surface area contributed by atoms with Crippen LogP contribution < -0.4 is 11.1 Å². The molecule has 0 saturated heterocycles. The zero-order chi connectivity index (χ0) is 13.1. The van der Waals surface area contributed by atoms with Gasteiger partial charge < -0.3 is 11.1 Å². The van der Waals surface area contributed by atoms with Crippen LogP contribution in [0.2, 0.25) is 0 Å². The Balaban J connectivity index is 2.11. The Morgan fingerprint density at radius 1 is 1.28 bits per heavy atom. The van der Waals surface area contributed by atoms with Crippen LogP contribution in [0.1, 0.15) is 39.5 Å². The van der Waals surface area contributed by atoms with Crippen LogP contribution in [-0.4, -0.2) is 6.04 Å². The first-order valence-corrected chi connectivity index (χ1v) is 6.89. The standard InChI is InChI=1S/C15H23FN2/c1-10(2)12-5-3-4-6-14(12)18-15-8-7-11(17)9-13(15)16/h7-10,12,14,18H,3-6,17H2,1-2H3. The van der Waals surface area contributed by atoms with Crippen LogP contribution in [0.25, 0.3) is 0 Å². The van der Waals surface area contributed by atoms with Gasteiger partial charge in [0.15, 0.2) is 0 Å². The first-order chi connectivity index (χ1) is 8.58. The minimum Gasteiger partial charge on any atom is -0.399 e. The molecule has 0 bridgehead atoms. The third-order valence-corrected chi connectivity index (χ3v) is 4.01. The van der Waals surface area contributed by atoms with Crippen LogP contribution in [0.15, 0.2) is 18.2 Å². The molecular formula is C15H23FN2. The summed E-state index contributed by atoms with van der Waals surface area (Å²) in [7, 11) is 0. The van der Waals surface area contributed by atoms with Gasteiger partial charge in [0.1, 0.15) is 5.82 Å². The Hall–Kier alpha value is -1.25. The highest BCUT2D eigenvalue weighted by atomic mass is 19.1. The molecule has 0 heterocycles. The number of nitrogens with two attached hydrogens (primary N) is 1. The van der Waals surface area contributed by atoms with E-state index in [-0.39, 0.29) is 5.82 Å². The van der Waals surface area contributed by atoms with E-state index in [1.165, 1.54) is 25.3 Å². The predicted molar refractivity (Wildman–Crippen MR) is 75.0 cm³/mol. The maximum Gasteiger partial charge on any atom is 0.148 e. The van der Waals surface area contributed by atoms with Crippen molar-refractivity contribution in [1.29, 1.82) is 0 Å². The number of halogens is 1. The van der Waals surface area contributed by atoms with Crippen LogP contribution in [0.4, 0.5) is 15.8 Å². The Morgan fingerprint density at radius 3 is 2.67 bits per heavy atom. The summed E-state index contributed by atoms with van der Waals surface area (Å²) < 4.78 is 13.8. The average Bonchev–Trinajstić information content (AvgIpc) is 2.33. The number of rotatable bonds is 3. The molecule has 18 heavy (non-hydrogen) atoms. The highest BCUT2D eigenvalue weighted by molar-refractivity contribution is 5.53. The quantitative estimate of drug-likeness (QED) is 0.795. The van der Waals surface area contributed by atoms with Crippen LogP contribution in [0.5, 0.6) is 0 Å². The summed E-state index contributed by atoms with van der Waals surface area (Å²) in [6.45, 7) is 4.51. The highest BCUT2D eigenvalue weighted by Crippen LogP contribution is 2.33. The molecule has 0 amide bonds. The van der Waals surface area contributed by atoms with E-state index in [2.05, 4.69) is 19.2 Å². The molecule has 1 aliphatic rings. The fourth-order valence-corrected chi connectivity index (χ4v) is 2.98. The molecule has 2 atom stereocenters. The molecule has 1 aromatic rings. The lowest BCUT2D eigenvalue weighted by atomic mass is 9.78. The Labute approximate surface area is 109 Å². The normalized spacial score (nSPS) is 24.2. The van der Waals surface area contributed by atoms with Crippen molar-refractivity contribution >= 4 is 11.4 Å². The van der Waals surface area contributed by atoms with Gasteiger partial charge in [-0.15, -0.1) is 0 Å². The predicted octanol–water partition coefficient (Wildman–Crippen LogP) is 4.03. The molecule has 1 aromatic carbocycles. The first kappa shape index (κ1) is 13.2. The summed E-state index contributed by atoms with van der Waals surface area (Å²) in [6, 6.07) is 5.27. The third-order valence-electron chi connectivity index (χ3n) is 4.01. The molecule has 0 radical (unpaired) electrons. The number of anilines is 2. The van der Waals surface area contributed by atoms with Crippen LogP contribution in [-0.2, 0) is 0 Å². The second kappa shape index (κ2) is 5.59. The summed E-state index contributed by atoms with van der Waals surface area (Å²) in [5, 5.41) is 3.38. The molecular weight excluding hydrogens is 227 g/mol. The zero-order valence-electron chi connectivity index (χ0n) is 11.2. The number of nitrogens with one attached hydrogen (secondary N) is 1. The number of hydrogen-bond acceptors (Lipinski definition) is 2. The summed E-state index contributed by atoms with van der Waals surface area (Å²) in [5.41, 5.74) is 6.63. The van der Waals surface area contributed by atoms with Crippen molar-refractivity contribution in [3.8, 4) is 0 Å². The van der Waals surface area contributed by atoms with E-state index >= 15 is 0 Å². The van der Waals surface area contributed by atoms with Crippen LogP contribution in [0, 0.1) is 17.7 Å². The Kier molecular flexibility index (Phi) is 4.10. The van der Waals surface area contributed by atoms with Gasteiger partial charge in [-0.05, 0) is 42.9 Å². The van der Waals surface area contributed by atoms with E-state index in [1.54, 1.807) is 12.1 Å². The molecule has 1 fully saturated rings. The molecule has 2 nitrogen and oxygen atoms in total. The fourth-order valence-electron chi connectivity index (χ4n) is 2.98. The first-order valence-electron chi connectivity index (χ1n) is 6.89. The van der Waals surface area contributed by atoms with Gasteiger partial charge >= 0.3 is 0 Å². The summed E-state index contributed by atoms with van der Waals surface area (Å²) in [4.78, 5) is 0. The van der Waals surface area contributed by atoms with E-state index in [1.807, 2.05) is 0 Å². The van der Waals surface area contributed by atoms with E-state index in [0.29, 0.717) is 29.3 Å². The number of nitrogen functional groups attached to an aromatic ring is 1. The summed E-state index contributed by atoms with van der Waals surface area (Å²) in [5.74, 6) is 1.03. The van der Waals surface area contributed by atoms with Gasteiger partial charge in [0.25, 0.3) is 0 Å². The van der Waals surface area contributed by atoms with Crippen LogP contribution in [0.3, 0.4) is 0 Å². The molecule has 0 aromatic heterocycles. The second-order valence-electron chi connectivity index (χ2n) is 5.68. The number of hydrogen-bond donors (Lipinski definition) is 2. The maximum absolute atomic E-state index is 13.8. The minimum atomic E-state index is -0.247. The third kappa shape index (κ3) is 2.95. The van der Waals surface area contributed by atoms with Gasteiger partial charge in [-0.25, -0.2) is 4.39 Å². The molecule has 3 N–H and O–H groups in total. The van der Waals surface area contributed by atoms with Crippen molar-refractivity contribution in [3.05, 3.63) is 24.0 Å². The van der Waals surface area contributed by atoms with Crippen molar-refractivity contribution in [1.82, 2.24) is 0 Å². The van der Waals surface area contributed by atoms with Crippen molar-refractivity contribution in [3.63, 3.8) is 0 Å². The van der Waals surface area contributed by atoms with Crippen molar-refractivity contribution in [2.45, 2.75) is 45.6 Å².